The summed E-state index contributed by atoms with van der Waals surface area (Å²) in [6.45, 7) is 5.65. The quantitative estimate of drug-likeness (QED) is 0.860. The number of carbonyl (C=O) groups is 1. The number of hydrogen-bond acceptors (Lipinski definition) is 3. The SMILES string of the molecule is CCc1ccccc1N(CC(=O)Nc1ccc(C)c(C)c1)S(C)(=O)=O. The summed E-state index contributed by atoms with van der Waals surface area (Å²) in [5.41, 5.74) is 4.28. The second kappa shape index (κ2) is 7.70. The van der Waals surface area contributed by atoms with E-state index >= 15 is 0 Å². The van der Waals surface area contributed by atoms with Crippen LogP contribution in [0.5, 0.6) is 0 Å². The molecule has 0 aliphatic carbocycles. The molecule has 0 aliphatic heterocycles. The summed E-state index contributed by atoms with van der Waals surface area (Å²) in [7, 11) is -3.58. The highest BCUT2D eigenvalue weighted by molar-refractivity contribution is 7.92. The summed E-state index contributed by atoms with van der Waals surface area (Å²) >= 11 is 0. The number of anilines is 2. The number of nitrogens with one attached hydrogen (secondary N) is 1. The Hall–Kier alpha value is -2.34. The number of para-hydroxylation sites is 1. The molecule has 2 aromatic carbocycles. The van der Waals surface area contributed by atoms with Crippen LogP contribution in [-0.4, -0.2) is 27.1 Å². The van der Waals surface area contributed by atoms with Crippen molar-refractivity contribution in [2.75, 3.05) is 22.4 Å². The molecule has 1 amide bonds. The lowest BCUT2D eigenvalue weighted by Crippen LogP contribution is -2.38. The maximum absolute atomic E-state index is 12.4. The zero-order valence-corrected chi connectivity index (χ0v) is 15.9. The highest BCUT2D eigenvalue weighted by Crippen LogP contribution is 2.23. The van der Waals surface area contributed by atoms with Crippen LogP contribution in [0.1, 0.15) is 23.6 Å². The highest BCUT2D eigenvalue weighted by Gasteiger charge is 2.22. The fraction of sp³-hybridized carbons (Fsp3) is 0.316. The van der Waals surface area contributed by atoms with Crippen molar-refractivity contribution < 1.29 is 13.2 Å². The molecule has 0 spiro atoms. The van der Waals surface area contributed by atoms with Gasteiger partial charge in [0.15, 0.2) is 0 Å². The number of aryl methyl sites for hydroxylation is 3. The molecule has 1 N–H and O–H groups in total. The van der Waals surface area contributed by atoms with Crippen LogP contribution in [0.15, 0.2) is 42.5 Å². The molecule has 6 heteroatoms. The average molecular weight is 360 g/mol. The van der Waals surface area contributed by atoms with Crippen LogP contribution in [0.3, 0.4) is 0 Å². The van der Waals surface area contributed by atoms with Crippen molar-refractivity contribution in [3.8, 4) is 0 Å². The van der Waals surface area contributed by atoms with Gasteiger partial charge >= 0.3 is 0 Å². The van der Waals surface area contributed by atoms with Crippen LogP contribution in [0.4, 0.5) is 11.4 Å². The van der Waals surface area contributed by atoms with Gasteiger partial charge in [0, 0.05) is 5.69 Å². The van der Waals surface area contributed by atoms with Crippen LogP contribution < -0.4 is 9.62 Å². The summed E-state index contributed by atoms with van der Waals surface area (Å²) in [5.74, 6) is -0.375. The smallest absolute Gasteiger partial charge is 0.245 e. The molecule has 0 unspecified atom stereocenters. The minimum Gasteiger partial charge on any atom is -0.325 e. The molecule has 25 heavy (non-hydrogen) atoms. The van der Waals surface area contributed by atoms with Crippen LogP contribution in [0.25, 0.3) is 0 Å². The molecule has 134 valence electrons. The highest BCUT2D eigenvalue weighted by atomic mass is 32.2. The third-order valence-corrected chi connectivity index (χ3v) is 5.25. The van der Waals surface area contributed by atoms with Crippen molar-refractivity contribution in [1.29, 1.82) is 0 Å². The number of rotatable bonds is 6. The van der Waals surface area contributed by atoms with Crippen molar-refractivity contribution in [2.45, 2.75) is 27.2 Å². The Morgan fingerprint density at radius 1 is 1.08 bits per heavy atom. The second-order valence-corrected chi connectivity index (χ2v) is 8.01. The van der Waals surface area contributed by atoms with Crippen molar-refractivity contribution in [2.24, 2.45) is 0 Å². The van der Waals surface area contributed by atoms with Gasteiger partial charge in [0.1, 0.15) is 6.54 Å². The Labute approximate surface area is 149 Å². The normalized spacial score (nSPS) is 11.2. The maximum atomic E-state index is 12.4. The van der Waals surface area contributed by atoms with E-state index in [-0.39, 0.29) is 12.5 Å². The number of carbonyl (C=O) groups excluding carboxylic acids is 1. The van der Waals surface area contributed by atoms with E-state index in [9.17, 15) is 13.2 Å². The van der Waals surface area contributed by atoms with Gasteiger partial charge in [-0.05, 0) is 55.2 Å². The molecule has 0 aliphatic rings. The fourth-order valence-electron chi connectivity index (χ4n) is 2.58. The van der Waals surface area contributed by atoms with E-state index in [0.717, 1.165) is 27.3 Å². The number of hydrogen-bond donors (Lipinski definition) is 1. The Bertz CT molecular complexity index is 876. The van der Waals surface area contributed by atoms with E-state index in [1.165, 1.54) is 0 Å². The van der Waals surface area contributed by atoms with E-state index in [4.69, 9.17) is 0 Å². The van der Waals surface area contributed by atoms with Gasteiger partial charge in [-0.3, -0.25) is 9.10 Å². The van der Waals surface area contributed by atoms with Gasteiger partial charge in [0.25, 0.3) is 0 Å². The van der Waals surface area contributed by atoms with Crippen LogP contribution in [0, 0.1) is 13.8 Å². The predicted octanol–water partition coefficient (Wildman–Crippen LogP) is 3.27. The van der Waals surface area contributed by atoms with Crippen LogP contribution >= 0.6 is 0 Å². The van der Waals surface area contributed by atoms with Gasteiger partial charge in [-0.15, -0.1) is 0 Å². The Morgan fingerprint density at radius 3 is 2.36 bits per heavy atom. The lowest BCUT2D eigenvalue weighted by molar-refractivity contribution is -0.114. The molecule has 0 saturated carbocycles. The standard InChI is InChI=1S/C19H24N2O3S/c1-5-16-8-6-7-9-18(16)21(25(4,23)24)13-19(22)20-17-11-10-14(2)15(3)12-17/h6-12H,5,13H2,1-4H3,(H,20,22). The number of nitrogens with zero attached hydrogens (tertiary/aromatic N) is 1. The van der Waals surface area contributed by atoms with E-state index in [1.807, 2.05) is 51.1 Å². The molecule has 0 atom stereocenters. The van der Waals surface area contributed by atoms with Gasteiger partial charge < -0.3 is 5.32 Å². The molecule has 0 fully saturated rings. The van der Waals surface area contributed by atoms with Gasteiger partial charge in [0.2, 0.25) is 15.9 Å². The van der Waals surface area contributed by atoms with Crippen molar-refractivity contribution in [1.82, 2.24) is 0 Å². The topological polar surface area (TPSA) is 66.5 Å². The number of benzene rings is 2. The predicted molar refractivity (Wildman–Crippen MR) is 103 cm³/mol. The van der Waals surface area contributed by atoms with E-state index in [1.54, 1.807) is 12.1 Å². The summed E-state index contributed by atoms with van der Waals surface area (Å²) in [4.78, 5) is 12.4. The zero-order chi connectivity index (χ0) is 18.6. The minimum atomic E-state index is -3.58. The summed E-state index contributed by atoms with van der Waals surface area (Å²) < 4.78 is 25.6. The van der Waals surface area contributed by atoms with Crippen molar-refractivity contribution in [3.05, 3.63) is 59.2 Å². The van der Waals surface area contributed by atoms with Gasteiger partial charge in [-0.25, -0.2) is 8.42 Å². The van der Waals surface area contributed by atoms with E-state index in [2.05, 4.69) is 5.32 Å². The molecular weight excluding hydrogens is 336 g/mol. The zero-order valence-electron chi connectivity index (χ0n) is 15.0. The lowest BCUT2D eigenvalue weighted by atomic mass is 10.1. The second-order valence-electron chi connectivity index (χ2n) is 6.10. The summed E-state index contributed by atoms with van der Waals surface area (Å²) in [6.07, 6.45) is 1.80. The number of amides is 1. The Balaban J connectivity index is 2.25. The van der Waals surface area contributed by atoms with Gasteiger partial charge in [-0.2, -0.15) is 0 Å². The molecule has 0 bridgehead atoms. The third kappa shape index (κ3) is 4.82. The first-order valence-corrected chi connectivity index (χ1v) is 10.00. The number of sulfonamides is 1. The molecule has 0 heterocycles. The largest absolute Gasteiger partial charge is 0.325 e. The molecule has 0 saturated heterocycles. The monoisotopic (exact) mass is 360 g/mol. The third-order valence-electron chi connectivity index (χ3n) is 4.12. The lowest BCUT2D eigenvalue weighted by Gasteiger charge is -2.24. The van der Waals surface area contributed by atoms with E-state index in [0.29, 0.717) is 17.8 Å². The first kappa shape index (κ1) is 19.0. The molecule has 0 aromatic heterocycles. The Kier molecular flexibility index (Phi) is 5.85. The Morgan fingerprint density at radius 2 is 1.76 bits per heavy atom. The van der Waals surface area contributed by atoms with Crippen LogP contribution in [-0.2, 0) is 21.2 Å². The van der Waals surface area contributed by atoms with E-state index < -0.39 is 10.0 Å². The molecule has 2 rings (SSSR count). The first-order chi connectivity index (χ1) is 11.7. The van der Waals surface area contributed by atoms with Gasteiger partial charge in [-0.1, -0.05) is 31.2 Å². The summed E-state index contributed by atoms with van der Waals surface area (Å²) in [5, 5.41) is 2.77. The van der Waals surface area contributed by atoms with Crippen molar-refractivity contribution in [3.63, 3.8) is 0 Å². The molecule has 0 radical (unpaired) electrons. The molecular formula is C19H24N2O3S. The maximum Gasteiger partial charge on any atom is 0.245 e. The van der Waals surface area contributed by atoms with Crippen molar-refractivity contribution >= 4 is 27.3 Å². The minimum absolute atomic E-state index is 0.261. The van der Waals surface area contributed by atoms with Gasteiger partial charge in [0.05, 0.1) is 11.9 Å². The molecule has 5 nitrogen and oxygen atoms in total. The average Bonchev–Trinajstić information content (AvgIpc) is 2.55. The summed E-state index contributed by atoms with van der Waals surface area (Å²) in [6, 6.07) is 12.8. The first-order valence-electron chi connectivity index (χ1n) is 8.15. The fourth-order valence-corrected chi connectivity index (χ4v) is 3.47. The molecule has 2 aromatic rings. The van der Waals surface area contributed by atoms with Crippen LogP contribution in [0.2, 0.25) is 0 Å².